The normalized spacial score (nSPS) is 17.5. The molecule has 24 heavy (non-hydrogen) atoms. The van der Waals surface area contributed by atoms with E-state index in [9.17, 15) is 9.59 Å². The van der Waals surface area contributed by atoms with Gasteiger partial charge in [0.2, 0.25) is 5.91 Å². The summed E-state index contributed by atoms with van der Waals surface area (Å²) < 4.78 is 5.33. The summed E-state index contributed by atoms with van der Waals surface area (Å²) in [6.07, 6.45) is 0.367. The van der Waals surface area contributed by atoms with Gasteiger partial charge in [0.15, 0.2) is 0 Å². The smallest absolute Gasteiger partial charge is 0.251 e. The number of carbonyl (C=O) groups is 2. The zero-order valence-corrected chi connectivity index (χ0v) is 15.2. The summed E-state index contributed by atoms with van der Waals surface area (Å²) in [5, 5.41) is 8.98. The van der Waals surface area contributed by atoms with E-state index in [4.69, 9.17) is 4.74 Å². The van der Waals surface area contributed by atoms with Crippen LogP contribution in [-0.2, 0) is 9.53 Å². The lowest BCUT2D eigenvalue weighted by atomic mass is 10.1. The Kier molecular flexibility index (Phi) is 7.66. The maximum Gasteiger partial charge on any atom is 0.251 e. The largest absolute Gasteiger partial charge is 0.378 e. The molecule has 0 radical (unpaired) electrons. The summed E-state index contributed by atoms with van der Waals surface area (Å²) in [5.74, 6) is -0.196. The molecule has 1 saturated heterocycles. The van der Waals surface area contributed by atoms with Gasteiger partial charge in [-0.1, -0.05) is 0 Å². The van der Waals surface area contributed by atoms with E-state index in [0.29, 0.717) is 30.9 Å². The fourth-order valence-electron chi connectivity index (χ4n) is 2.30. The molecule has 1 heterocycles. The first kappa shape index (κ1) is 20.4. The second-order valence-electron chi connectivity index (χ2n) is 6.76. The minimum absolute atomic E-state index is 0. The van der Waals surface area contributed by atoms with Gasteiger partial charge in [0, 0.05) is 35.8 Å². The lowest BCUT2D eigenvalue weighted by Crippen LogP contribution is -2.43. The molecule has 1 aromatic carbocycles. The van der Waals surface area contributed by atoms with Crippen molar-refractivity contribution in [3.8, 4) is 0 Å². The van der Waals surface area contributed by atoms with Crippen molar-refractivity contribution >= 4 is 29.9 Å². The van der Waals surface area contributed by atoms with Gasteiger partial charge < -0.3 is 20.7 Å². The van der Waals surface area contributed by atoms with Crippen LogP contribution in [0.25, 0.3) is 0 Å². The van der Waals surface area contributed by atoms with Crippen molar-refractivity contribution in [3.05, 3.63) is 29.8 Å². The van der Waals surface area contributed by atoms with Crippen molar-refractivity contribution in [2.75, 3.05) is 25.1 Å². The Bertz CT molecular complexity index is 549. The zero-order chi connectivity index (χ0) is 16.9. The molecule has 1 unspecified atom stereocenters. The molecule has 6 nitrogen and oxygen atoms in total. The van der Waals surface area contributed by atoms with E-state index in [0.717, 1.165) is 6.54 Å². The zero-order valence-electron chi connectivity index (χ0n) is 14.3. The average Bonchev–Trinajstić information content (AvgIpc) is 2.47. The topological polar surface area (TPSA) is 79.5 Å². The summed E-state index contributed by atoms with van der Waals surface area (Å²) in [7, 11) is 0. The van der Waals surface area contributed by atoms with Crippen LogP contribution < -0.4 is 16.0 Å². The quantitative estimate of drug-likeness (QED) is 0.771. The Hall–Kier alpha value is -1.63. The summed E-state index contributed by atoms with van der Waals surface area (Å²) in [4.78, 5) is 24.0. The summed E-state index contributed by atoms with van der Waals surface area (Å²) in [6, 6.07) is 6.94. The second-order valence-corrected chi connectivity index (χ2v) is 6.76. The maximum absolute atomic E-state index is 12.0. The molecular formula is C17H26ClN3O3. The van der Waals surface area contributed by atoms with Gasteiger partial charge in [-0.05, 0) is 45.0 Å². The summed E-state index contributed by atoms with van der Waals surface area (Å²) in [6.45, 7) is 7.82. The van der Waals surface area contributed by atoms with E-state index < -0.39 is 0 Å². The molecule has 2 amide bonds. The third-order valence-electron chi connectivity index (χ3n) is 3.35. The molecule has 1 aliphatic heterocycles. The van der Waals surface area contributed by atoms with Crippen LogP contribution >= 0.6 is 12.4 Å². The first-order valence-corrected chi connectivity index (χ1v) is 7.87. The van der Waals surface area contributed by atoms with Crippen LogP contribution in [0.4, 0.5) is 5.69 Å². The molecule has 0 spiro atoms. The van der Waals surface area contributed by atoms with Gasteiger partial charge in [0.05, 0.1) is 13.2 Å². The number of carbonyl (C=O) groups excluding carboxylic acids is 2. The minimum Gasteiger partial charge on any atom is -0.378 e. The van der Waals surface area contributed by atoms with E-state index in [-0.39, 0.29) is 35.8 Å². The molecule has 2 rings (SSSR count). The highest BCUT2D eigenvalue weighted by molar-refractivity contribution is 5.96. The van der Waals surface area contributed by atoms with Crippen molar-refractivity contribution in [2.24, 2.45) is 0 Å². The highest BCUT2D eigenvalue weighted by Crippen LogP contribution is 2.12. The molecule has 3 N–H and O–H groups in total. The van der Waals surface area contributed by atoms with Gasteiger partial charge >= 0.3 is 0 Å². The third kappa shape index (κ3) is 6.86. The standard InChI is InChI=1S/C17H25N3O3.ClH/c1-17(2,3)20-16(22)12-4-6-13(7-5-12)19-15(21)10-14-11-23-9-8-18-14;/h4-7,14,18H,8-11H2,1-3H3,(H,19,21)(H,20,22);1H. The van der Waals surface area contributed by atoms with Crippen LogP contribution in [0.1, 0.15) is 37.6 Å². The number of hydrogen-bond acceptors (Lipinski definition) is 4. The molecule has 1 atom stereocenters. The minimum atomic E-state index is -0.279. The Labute approximate surface area is 149 Å². The summed E-state index contributed by atoms with van der Waals surface area (Å²) >= 11 is 0. The van der Waals surface area contributed by atoms with Gasteiger partial charge in [-0.25, -0.2) is 0 Å². The Morgan fingerprint density at radius 2 is 1.92 bits per heavy atom. The number of morpholine rings is 1. The number of amides is 2. The summed E-state index contributed by atoms with van der Waals surface area (Å²) in [5.41, 5.74) is 0.971. The highest BCUT2D eigenvalue weighted by Gasteiger charge is 2.17. The number of halogens is 1. The van der Waals surface area contributed by atoms with Crippen LogP contribution in [-0.4, -0.2) is 43.2 Å². The van der Waals surface area contributed by atoms with Crippen molar-refractivity contribution in [3.63, 3.8) is 0 Å². The lowest BCUT2D eigenvalue weighted by molar-refractivity contribution is -0.117. The monoisotopic (exact) mass is 355 g/mol. The van der Waals surface area contributed by atoms with Gasteiger partial charge in [0.1, 0.15) is 0 Å². The number of anilines is 1. The van der Waals surface area contributed by atoms with E-state index in [1.165, 1.54) is 0 Å². The van der Waals surface area contributed by atoms with Gasteiger partial charge in [-0.15, -0.1) is 12.4 Å². The van der Waals surface area contributed by atoms with Crippen molar-refractivity contribution in [1.29, 1.82) is 0 Å². The molecular weight excluding hydrogens is 330 g/mol. The SMILES string of the molecule is CC(C)(C)NC(=O)c1ccc(NC(=O)CC2COCCN2)cc1.Cl. The molecule has 1 fully saturated rings. The molecule has 0 aromatic heterocycles. The molecule has 7 heteroatoms. The van der Waals surface area contributed by atoms with Gasteiger partial charge in [0.25, 0.3) is 5.91 Å². The molecule has 0 saturated carbocycles. The van der Waals surface area contributed by atoms with Crippen LogP contribution in [0.3, 0.4) is 0 Å². The number of benzene rings is 1. The number of ether oxygens (including phenoxy) is 1. The fraction of sp³-hybridized carbons (Fsp3) is 0.529. The molecule has 134 valence electrons. The average molecular weight is 356 g/mol. The number of hydrogen-bond donors (Lipinski definition) is 3. The number of nitrogens with one attached hydrogen (secondary N) is 3. The molecule has 0 bridgehead atoms. The van der Waals surface area contributed by atoms with Gasteiger partial charge in [-0.3, -0.25) is 9.59 Å². The number of rotatable bonds is 4. The first-order valence-electron chi connectivity index (χ1n) is 7.87. The Morgan fingerprint density at radius 3 is 2.46 bits per heavy atom. The van der Waals surface area contributed by atoms with Crippen molar-refractivity contribution in [1.82, 2.24) is 10.6 Å². The fourth-order valence-corrected chi connectivity index (χ4v) is 2.30. The molecule has 0 aliphatic carbocycles. The Balaban J connectivity index is 0.00000288. The predicted molar refractivity (Wildman–Crippen MR) is 96.8 cm³/mol. The van der Waals surface area contributed by atoms with Crippen molar-refractivity contribution in [2.45, 2.75) is 38.8 Å². The predicted octanol–water partition coefficient (Wildman–Crippen LogP) is 1.95. The molecule has 1 aliphatic rings. The third-order valence-corrected chi connectivity index (χ3v) is 3.35. The highest BCUT2D eigenvalue weighted by atomic mass is 35.5. The second kappa shape index (κ2) is 9.01. The van der Waals surface area contributed by atoms with Crippen molar-refractivity contribution < 1.29 is 14.3 Å². The van der Waals surface area contributed by atoms with Gasteiger partial charge in [-0.2, -0.15) is 0 Å². The Morgan fingerprint density at radius 1 is 1.25 bits per heavy atom. The van der Waals surface area contributed by atoms with E-state index in [2.05, 4.69) is 16.0 Å². The molecule has 1 aromatic rings. The van der Waals surface area contributed by atoms with Crippen LogP contribution in [0.2, 0.25) is 0 Å². The van der Waals surface area contributed by atoms with Crippen LogP contribution in [0, 0.1) is 0 Å². The van der Waals surface area contributed by atoms with Crippen LogP contribution in [0.15, 0.2) is 24.3 Å². The van der Waals surface area contributed by atoms with E-state index in [1.54, 1.807) is 24.3 Å². The van der Waals surface area contributed by atoms with E-state index in [1.807, 2.05) is 20.8 Å². The lowest BCUT2D eigenvalue weighted by Gasteiger charge is -2.23. The van der Waals surface area contributed by atoms with E-state index >= 15 is 0 Å². The maximum atomic E-state index is 12.0. The van der Waals surface area contributed by atoms with Crippen LogP contribution in [0.5, 0.6) is 0 Å². The first-order chi connectivity index (χ1) is 10.8.